The molecule has 0 fully saturated rings. The van der Waals surface area contributed by atoms with E-state index < -0.39 is 75.9 Å². The molecule has 25 nitrogen and oxygen atoms in total. The van der Waals surface area contributed by atoms with E-state index >= 15 is 0 Å². The van der Waals surface area contributed by atoms with Crippen LogP contribution in [0.15, 0.2) is 151 Å². The number of para-hydroxylation sites is 2. The summed E-state index contributed by atoms with van der Waals surface area (Å²) in [5.41, 5.74) is 9.93. The molecule has 2 atom stereocenters. The Labute approximate surface area is 612 Å². The average Bonchev–Trinajstić information content (AvgIpc) is 0.762. The fraction of sp³-hybridized carbons (Fsp3) is 0.364. The van der Waals surface area contributed by atoms with Gasteiger partial charge in [0.25, 0.3) is 15.9 Å². The highest BCUT2D eigenvalue weighted by atomic mass is 32.2. The van der Waals surface area contributed by atoms with Gasteiger partial charge in [0.2, 0.25) is 23.6 Å². The largest absolute Gasteiger partial charge is 0.457 e. The third-order valence-electron chi connectivity index (χ3n) is 16.9. The van der Waals surface area contributed by atoms with Gasteiger partial charge in [-0.25, -0.2) is 22.3 Å². The van der Waals surface area contributed by atoms with Gasteiger partial charge in [0.15, 0.2) is 5.78 Å². The summed E-state index contributed by atoms with van der Waals surface area (Å²) in [5.74, 6) is 2.59. The lowest BCUT2D eigenvalue weighted by atomic mass is 9.89. The van der Waals surface area contributed by atoms with Crippen LogP contribution in [-0.4, -0.2) is 151 Å². The van der Waals surface area contributed by atoms with Crippen LogP contribution in [0, 0.1) is 23.7 Å². The number of hydrogen-bond acceptors (Lipinski definition) is 17. The van der Waals surface area contributed by atoms with Crippen molar-refractivity contribution < 1.29 is 88.4 Å². The first-order valence-corrected chi connectivity index (χ1v) is 35.9. The highest BCUT2D eigenvalue weighted by Gasteiger charge is 2.35. The van der Waals surface area contributed by atoms with Crippen LogP contribution in [0.25, 0.3) is 22.0 Å². The fourth-order valence-electron chi connectivity index (χ4n) is 11.3. The molecular weight excluding hydrogens is 1400 g/mol. The summed E-state index contributed by atoms with van der Waals surface area (Å²) in [7, 11) is -3.50. The summed E-state index contributed by atoms with van der Waals surface area (Å²) >= 11 is 0. The SMILES string of the molecule is CCc1cnc2c(C(F)(F)F)cccc2c1-c1cccc(Oc2cccc(S(=O)(=O)N(C)C(=O)CNC(=O)OCc3ccc(NC(=O)[C@H](CCCNC(N)=O)CC(=O)[C@@H](NC(=O)CCOCCOCCOCCOCCNC(=O)CCC(=O)N4Cc5ccccc5C#Cc5ccccc54)C(C)C)cc3)c2)c1. The molecule has 0 saturated carbocycles. The number of pyridine rings is 1. The molecule has 106 heavy (non-hydrogen) atoms. The van der Waals surface area contributed by atoms with Gasteiger partial charge >= 0.3 is 18.3 Å². The van der Waals surface area contributed by atoms with Gasteiger partial charge in [-0.3, -0.25) is 33.8 Å². The van der Waals surface area contributed by atoms with Gasteiger partial charge < -0.3 is 65.6 Å². The van der Waals surface area contributed by atoms with Crippen molar-refractivity contribution in [2.45, 2.75) is 96.0 Å². The Kier molecular flexibility index (Phi) is 30.5. The number of hydrogen-bond donors (Lipinski definition) is 6. The molecule has 0 unspecified atom stereocenters. The van der Waals surface area contributed by atoms with E-state index in [1.165, 1.54) is 48.7 Å². The smallest absolute Gasteiger partial charge is 0.418 e. The van der Waals surface area contributed by atoms with Crippen molar-refractivity contribution in [1.29, 1.82) is 0 Å². The molecule has 0 spiro atoms. The van der Waals surface area contributed by atoms with Crippen molar-refractivity contribution in [3.63, 3.8) is 0 Å². The minimum absolute atomic E-state index is 0.0197. The maximum Gasteiger partial charge on any atom is 0.418 e. The molecule has 7 N–H and O–H groups in total. The molecule has 2 heterocycles. The summed E-state index contributed by atoms with van der Waals surface area (Å²) in [4.78, 5) is 110. The van der Waals surface area contributed by atoms with E-state index in [1.54, 1.807) is 61.2 Å². The molecular formula is C77H86F3N9O16S. The van der Waals surface area contributed by atoms with Crippen LogP contribution >= 0.6 is 0 Å². The number of anilines is 2. The van der Waals surface area contributed by atoms with Gasteiger partial charge in [0.05, 0.1) is 87.1 Å². The predicted octanol–water partition coefficient (Wildman–Crippen LogP) is 9.75. The topological polar surface area (TPSA) is 332 Å². The zero-order chi connectivity index (χ0) is 76.2. The lowest BCUT2D eigenvalue weighted by Gasteiger charge is -2.26. The van der Waals surface area contributed by atoms with Crippen LogP contribution in [0.4, 0.5) is 34.1 Å². The molecule has 562 valence electrons. The number of ether oxygens (including phenoxy) is 6. The third kappa shape index (κ3) is 24.1. The minimum Gasteiger partial charge on any atom is -0.457 e. The van der Waals surface area contributed by atoms with E-state index in [0.29, 0.717) is 62.9 Å². The summed E-state index contributed by atoms with van der Waals surface area (Å²) in [5, 5.41) is 13.4. The number of alkyl halides is 3. The Morgan fingerprint density at radius 2 is 1.35 bits per heavy atom. The van der Waals surface area contributed by atoms with Crippen LogP contribution in [-0.2, 0) is 88.2 Å². The highest BCUT2D eigenvalue weighted by molar-refractivity contribution is 7.89. The van der Waals surface area contributed by atoms with Crippen LogP contribution in [0.2, 0.25) is 0 Å². The van der Waals surface area contributed by atoms with E-state index in [-0.39, 0.29) is 144 Å². The van der Waals surface area contributed by atoms with Crippen molar-refractivity contribution in [3.8, 4) is 34.5 Å². The van der Waals surface area contributed by atoms with E-state index in [9.17, 15) is 59.9 Å². The van der Waals surface area contributed by atoms with E-state index in [4.69, 9.17) is 34.2 Å². The van der Waals surface area contributed by atoms with Crippen LogP contribution < -0.4 is 42.0 Å². The van der Waals surface area contributed by atoms with Crippen molar-refractivity contribution in [2.75, 3.05) is 89.8 Å². The second-order valence-electron chi connectivity index (χ2n) is 24.8. The third-order valence-corrected chi connectivity index (χ3v) is 18.7. The second kappa shape index (κ2) is 39.9. The van der Waals surface area contributed by atoms with Crippen molar-refractivity contribution >= 4 is 79.7 Å². The molecule has 1 aliphatic heterocycles. The zero-order valence-corrected chi connectivity index (χ0v) is 60.0. The van der Waals surface area contributed by atoms with Crippen LogP contribution in [0.5, 0.6) is 11.5 Å². The average molecular weight is 1480 g/mol. The van der Waals surface area contributed by atoms with Gasteiger partial charge in [0.1, 0.15) is 24.7 Å². The van der Waals surface area contributed by atoms with Gasteiger partial charge in [-0.2, -0.15) is 13.2 Å². The summed E-state index contributed by atoms with van der Waals surface area (Å²) in [6.45, 7) is 6.90. The first-order chi connectivity index (χ1) is 50.9. The zero-order valence-electron chi connectivity index (χ0n) is 59.2. The first kappa shape index (κ1) is 80.9. The molecule has 0 saturated heterocycles. The number of amides is 8. The van der Waals surface area contributed by atoms with Gasteiger partial charge in [-0.1, -0.05) is 105 Å². The number of carbonyl (C=O) groups excluding carboxylic acids is 8. The number of alkyl carbamates (subject to hydrolysis) is 1. The quantitative estimate of drug-likeness (QED) is 0.0154. The molecule has 7 aromatic rings. The minimum atomic E-state index is -4.64. The molecule has 0 aliphatic carbocycles. The summed E-state index contributed by atoms with van der Waals surface area (Å²) in [6, 6.07) is 35.3. The first-order valence-electron chi connectivity index (χ1n) is 34.5. The number of rotatable bonds is 39. The Bertz CT molecular complexity index is 4420. The second-order valence-corrected chi connectivity index (χ2v) is 26.8. The number of primary amides is 1. The number of likely N-dealkylation sites (N-methyl/N-ethyl adjacent to an activating group) is 1. The number of urea groups is 1. The number of nitrogens with one attached hydrogen (secondary N) is 5. The Morgan fingerprint density at radius 3 is 2.05 bits per heavy atom. The Hall–Kier alpha value is -10.8. The van der Waals surface area contributed by atoms with Crippen molar-refractivity contribution in [2.24, 2.45) is 17.6 Å². The molecule has 1 aromatic heterocycles. The van der Waals surface area contributed by atoms with Gasteiger partial charge in [-0.15, -0.1) is 0 Å². The highest BCUT2D eigenvalue weighted by Crippen LogP contribution is 2.40. The molecule has 29 heteroatoms. The molecule has 8 amide bonds. The summed E-state index contributed by atoms with van der Waals surface area (Å²) < 4.78 is 103. The number of ketones is 1. The molecule has 1 aliphatic rings. The lowest BCUT2D eigenvalue weighted by molar-refractivity contribution is -0.136. The van der Waals surface area contributed by atoms with E-state index in [2.05, 4.69) is 43.4 Å². The fourth-order valence-corrected chi connectivity index (χ4v) is 12.5. The number of aryl methyl sites for hydroxylation is 1. The Balaban J connectivity index is 0.690. The van der Waals surface area contributed by atoms with Gasteiger partial charge in [-0.05, 0) is 114 Å². The number of carbonyl (C=O) groups is 8. The van der Waals surface area contributed by atoms with E-state index in [0.717, 1.165) is 29.8 Å². The van der Waals surface area contributed by atoms with Crippen molar-refractivity contribution in [1.82, 2.24) is 30.6 Å². The number of fused-ring (bicyclic) bond motifs is 3. The molecule has 0 radical (unpaired) electrons. The number of benzene rings is 6. The number of nitrogens with zero attached hydrogens (tertiary/aromatic N) is 3. The summed E-state index contributed by atoms with van der Waals surface area (Å²) in [6.07, 6.45) is -3.64. The maximum atomic E-state index is 14.0. The number of sulfonamides is 1. The molecule has 0 bridgehead atoms. The van der Waals surface area contributed by atoms with E-state index in [1.807, 2.05) is 55.5 Å². The van der Waals surface area contributed by atoms with Crippen LogP contribution in [0.1, 0.15) is 92.7 Å². The number of aromatic nitrogens is 1. The lowest BCUT2D eigenvalue weighted by Crippen LogP contribution is -2.45. The molecule has 8 rings (SSSR count). The monoisotopic (exact) mass is 1480 g/mol. The normalized spacial score (nSPS) is 12.4. The number of halogens is 3. The van der Waals surface area contributed by atoms with Gasteiger partial charge in [0, 0.05) is 86.2 Å². The predicted molar refractivity (Wildman–Crippen MR) is 388 cm³/mol. The number of Topliss-reactive ketones (excluding diaryl/α,β-unsaturated/α-hetero) is 1. The number of nitrogens with two attached hydrogens (primary N) is 1. The Morgan fingerprint density at radius 1 is 0.698 bits per heavy atom. The van der Waals surface area contributed by atoms with Crippen LogP contribution in [0.3, 0.4) is 0 Å². The standard InChI is InChI=1S/C77H86F3N9O16S/c1-5-53-47-84-73-63(22-12-23-64(73)77(78,79)80)71(53)56-17-10-19-60(44-56)105-61-20-11-21-62(46-61)106(98,99)88(4)70(94)48-85-76(97)104-50-52-25-29-59(30-26-52)86-74(95)57(18-13-34-83-75(81)96)45-66(90)72(51(2)3)87-68(92)33-36-100-38-40-102-42-43-103-41-39-101-37-35-82-67(91)31-32-69(93)89-49-58-16-7-6-14-54(58)27-28-55-15-8-9-24-65(55)89/h6-12,14-17,19-26,29-30,44,46-47,51,57,72H,5,13,18,31-43,45,48-50H2,1-4H3,(H,82,91)(H,85,97)(H,86,95)(H,87,92)(H3,81,83,96)/t57-,72+/m1/s1. The maximum absolute atomic E-state index is 14.0. The van der Waals surface area contributed by atoms with Crippen molar-refractivity contribution in [3.05, 3.63) is 179 Å². The molecule has 6 aromatic carbocycles.